The lowest BCUT2D eigenvalue weighted by Crippen LogP contribution is -2.43. The van der Waals surface area contributed by atoms with Gasteiger partial charge in [-0.15, -0.1) is 0 Å². The van der Waals surface area contributed by atoms with Crippen LogP contribution in [0.15, 0.2) is 18.2 Å². The second-order valence-corrected chi connectivity index (χ2v) is 6.62. The first-order valence-electron chi connectivity index (χ1n) is 7.59. The Labute approximate surface area is 132 Å². The number of alkyl carbamates (subject to hydrolysis) is 1. The van der Waals surface area contributed by atoms with E-state index in [1.54, 1.807) is 20.8 Å². The third-order valence-electron chi connectivity index (χ3n) is 3.43. The maximum absolute atomic E-state index is 11.9. The molecule has 1 rings (SSSR count). The van der Waals surface area contributed by atoms with Crippen molar-refractivity contribution in [1.82, 2.24) is 5.32 Å². The molecule has 0 bridgehead atoms. The third-order valence-corrected chi connectivity index (χ3v) is 3.43. The van der Waals surface area contributed by atoms with Gasteiger partial charge in [0.25, 0.3) is 0 Å². The summed E-state index contributed by atoms with van der Waals surface area (Å²) in [7, 11) is 0. The Kier molecular flexibility index (Phi) is 6.38. The second kappa shape index (κ2) is 7.61. The predicted molar refractivity (Wildman–Crippen MR) is 87.7 cm³/mol. The van der Waals surface area contributed by atoms with Crippen LogP contribution in [0.2, 0.25) is 0 Å². The third kappa shape index (κ3) is 5.66. The molecule has 1 amide bonds. The van der Waals surface area contributed by atoms with Crippen LogP contribution in [-0.4, -0.2) is 29.4 Å². The molecule has 5 nitrogen and oxygen atoms in total. The molecule has 1 aromatic carbocycles. The molecule has 0 spiro atoms. The van der Waals surface area contributed by atoms with Gasteiger partial charge in [0.05, 0.1) is 12.1 Å². The van der Waals surface area contributed by atoms with Crippen LogP contribution < -0.4 is 11.1 Å². The highest BCUT2D eigenvalue weighted by Crippen LogP contribution is 2.22. The van der Waals surface area contributed by atoms with Crippen LogP contribution in [0.1, 0.15) is 50.0 Å². The van der Waals surface area contributed by atoms with Crippen LogP contribution in [0.5, 0.6) is 0 Å². The van der Waals surface area contributed by atoms with E-state index < -0.39 is 23.8 Å². The summed E-state index contributed by atoms with van der Waals surface area (Å²) in [6, 6.07) is 5.27. The fourth-order valence-corrected chi connectivity index (χ4v) is 2.13. The minimum Gasteiger partial charge on any atom is -0.444 e. The molecular formula is C17H28N2O3. The number of amides is 1. The van der Waals surface area contributed by atoms with E-state index in [2.05, 4.69) is 5.32 Å². The number of nitrogens with two attached hydrogens (primary N) is 1. The Morgan fingerprint density at radius 3 is 2.45 bits per heavy atom. The second-order valence-electron chi connectivity index (χ2n) is 6.62. The number of hydrogen-bond acceptors (Lipinski definition) is 4. The Morgan fingerprint density at radius 2 is 1.95 bits per heavy atom. The number of ether oxygens (including phenoxy) is 1. The fourth-order valence-electron chi connectivity index (χ4n) is 2.13. The van der Waals surface area contributed by atoms with Crippen molar-refractivity contribution in [1.29, 1.82) is 0 Å². The minimum absolute atomic E-state index is 0.363. The summed E-state index contributed by atoms with van der Waals surface area (Å²) < 4.78 is 5.24. The molecule has 0 aromatic heterocycles. The molecule has 2 unspecified atom stereocenters. The molecular weight excluding hydrogens is 280 g/mol. The quantitative estimate of drug-likeness (QED) is 0.780. The van der Waals surface area contributed by atoms with Crippen molar-refractivity contribution in [3.8, 4) is 0 Å². The van der Waals surface area contributed by atoms with E-state index in [0.717, 1.165) is 16.7 Å². The lowest BCUT2D eigenvalue weighted by atomic mass is 9.96. The van der Waals surface area contributed by atoms with Crippen molar-refractivity contribution in [2.45, 2.75) is 58.8 Å². The first-order chi connectivity index (χ1) is 10.1. The molecule has 0 aliphatic heterocycles. The molecule has 2 atom stereocenters. The van der Waals surface area contributed by atoms with Gasteiger partial charge in [0.1, 0.15) is 5.60 Å². The zero-order chi connectivity index (χ0) is 16.9. The number of carbonyl (C=O) groups is 1. The number of rotatable bonds is 5. The molecule has 0 radical (unpaired) electrons. The van der Waals surface area contributed by atoms with Gasteiger partial charge in [0.2, 0.25) is 0 Å². The predicted octanol–water partition coefficient (Wildman–Crippen LogP) is 2.58. The molecule has 0 fully saturated rings. The van der Waals surface area contributed by atoms with Crippen LogP contribution in [0.4, 0.5) is 4.79 Å². The highest BCUT2D eigenvalue weighted by atomic mass is 16.6. The van der Waals surface area contributed by atoms with Gasteiger partial charge in [-0.05, 0) is 64.3 Å². The molecule has 0 saturated carbocycles. The molecule has 1 aromatic rings. The van der Waals surface area contributed by atoms with Crippen molar-refractivity contribution in [2.75, 3.05) is 6.54 Å². The number of carbonyl (C=O) groups excluding carboxylic acids is 1. The SMILES string of the molecule is Cc1ccc(C(O)C(CCN)NC(=O)OC(C)(C)C)cc1C. The molecule has 0 heterocycles. The maximum Gasteiger partial charge on any atom is 0.407 e. The monoisotopic (exact) mass is 308 g/mol. The van der Waals surface area contributed by atoms with Gasteiger partial charge in [-0.2, -0.15) is 0 Å². The van der Waals surface area contributed by atoms with E-state index >= 15 is 0 Å². The Balaban J connectivity index is 2.84. The van der Waals surface area contributed by atoms with E-state index in [0.29, 0.717) is 13.0 Å². The number of aryl methyl sites for hydroxylation is 2. The fraction of sp³-hybridized carbons (Fsp3) is 0.588. The van der Waals surface area contributed by atoms with E-state index in [4.69, 9.17) is 10.5 Å². The zero-order valence-corrected chi connectivity index (χ0v) is 14.1. The molecule has 0 saturated heterocycles. The first-order valence-corrected chi connectivity index (χ1v) is 7.59. The van der Waals surface area contributed by atoms with Crippen molar-refractivity contribution in [2.24, 2.45) is 5.73 Å². The summed E-state index contributed by atoms with van der Waals surface area (Å²) in [5, 5.41) is 13.3. The largest absolute Gasteiger partial charge is 0.444 e. The molecule has 0 aliphatic carbocycles. The molecule has 124 valence electrons. The smallest absolute Gasteiger partial charge is 0.407 e. The highest BCUT2D eigenvalue weighted by molar-refractivity contribution is 5.68. The highest BCUT2D eigenvalue weighted by Gasteiger charge is 2.25. The normalized spacial score (nSPS) is 14.3. The number of aliphatic hydroxyl groups is 1. The maximum atomic E-state index is 11.9. The summed E-state index contributed by atoms with van der Waals surface area (Å²) in [5.74, 6) is 0. The Bertz CT molecular complexity index is 509. The van der Waals surface area contributed by atoms with Gasteiger partial charge in [-0.1, -0.05) is 18.2 Å². The van der Waals surface area contributed by atoms with Gasteiger partial charge in [-0.3, -0.25) is 0 Å². The van der Waals surface area contributed by atoms with Crippen molar-refractivity contribution in [3.05, 3.63) is 34.9 Å². The lowest BCUT2D eigenvalue weighted by molar-refractivity contribution is 0.0415. The lowest BCUT2D eigenvalue weighted by Gasteiger charge is -2.27. The zero-order valence-electron chi connectivity index (χ0n) is 14.1. The van der Waals surface area contributed by atoms with E-state index in [9.17, 15) is 9.90 Å². The van der Waals surface area contributed by atoms with Gasteiger partial charge in [0.15, 0.2) is 0 Å². The summed E-state index contributed by atoms with van der Waals surface area (Å²) in [6.07, 6.45) is -0.906. The van der Waals surface area contributed by atoms with Gasteiger partial charge < -0.3 is 20.9 Å². The molecule has 0 aliphatic rings. The number of nitrogens with one attached hydrogen (secondary N) is 1. The number of aliphatic hydroxyl groups excluding tert-OH is 1. The van der Waals surface area contributed by atoms with Crippen molar-refractivity contribution >= 4 is 6.09 Å². The van der Waals surface area contributed by atoms with Gasteiger partial charge >= 0.3 is 6.09 Å². The minimum atomic E-state index is -0.824. The van der Waals surface area contributed by atoms with E-state index in [-0.39, 0.29) is 0 Å². The Morgan fingerprint density at radius 1 is 1.32 bits per heavy atom. The van der Waals surface area contributed by atoms with Crippen LogP contribution in [-0.2, 0) is 4.74 Å². The van der Waals surface area contributed by atoms with E-state index in [1.807, 2.05) is 32.0 Å². The van der Waals surface area contributed by atoms with Gasteiger partial charge in [-0.25, -0.2) is 4.79 Å². The Hall–Kier alpha value is -1.59. The van der Waals surface area contributed by atoms with Crippen LogP contribution >= 0.6 is 0 Å². The first kappa shape index (κ1) is 18.5. The van der Waals surface area contributed by atoms with Crippen LogP contribution in [0, 0.1) is 13.8 Å². The average Bonchev–Trinajstić information content (AvgIpc) is 2.38. The molecule has 5 heteroatoms. The van der Waals surface area contributed by atoms with E-state index in [1.165, 1.54) is 0 Å². The summed E-state index contributed by atoms with van der Waals surface area (Å²) in [5.41, 5.74) is 8.04. The number of hydrogen-bond donors (Lipinski definition) is 3. The summed E-state index contributed by atoms with van der Waals surface area (Å²) in [4.78, 5) is 11.9. The van der Waals surface area contributed by atoms with Gasteiger partial charge in [0, 0.05) is 0 Å². The topological polar surface area (TPSA) is 84.6 Å². The summed E-state index contributed by atoms with van der Waals surface area (Å²) in [6.45, 7) is 9.76. The number of benzene rings is 1. The average molecular weight is 308 g/mol. The van der Waals surface area contributed by atoms with Crippen LogP contribution in [0.25, 0.3) is 0 Å². The molecule has 4 N–H and O–H groups in total. The standard InChI is InChI=1S/C17H28N2O3/c1-11-6-7-13(10-12(11)2)15(20)14(8-9-18)19-16(21)22-17(3,4)5/h6-7,10,14-15,20H,8-9,18H2,1-5H3,(H,19,21). The molecule has 22 heavy (non-hydrogen) atoms. The summed E-state index contributed by atoms with van der Waals surface area (Å²) >= 11 is 0. The van der Waals surface area contributed by atoms with Crippen molar-refractivity contribution < 1.29 is 14.6 Å². The van der Waals surface area contributed by atoms with Crippen LogP contribution in [0.3, 0.4) is 0 Å². The van der Waals surface area contributed by atoms with Crippen molar-refractivity contribution in [3.63, 3.8) is 0 Å².